The van der Waals surface area contributed by atoms with Crippen molar-refractivity contribution in [3.8, 4) is 0 Å². The fourth-order valence-corrected chi connectivity index (χ4v) is 2.51. The van der Waals surface area contributed by atoms with Crippen LogP contribution in [0.1, 0.15) is 49.5 Å². The number of benzene rings is 1. The molecule has 4 nitrogen and oxygen atoms in total. The molecule has 0 aromatic heterocycles. The SMILES string of the molecule is CCN(CC)CCCC(C)Nc1ccc(C(=O)O)c(C)c1. The third kappa shape index (κ3) is 5.76. The van der Waals surface area contributed by atoms with E-state index in [1.54, 1.807) is 6.07 Å². The molecule has 0 radical (unpaired) electrons. The molecule has 0 saturated heterocycles. The fraction of sp³-hybridized carbons (Fsp3) is 0.588. The van der Waals surface area contributed by atoms with Gasteiger partial charge < -0.3 is 15.3 Å². The molecule has 1 unspecified atom stereocenters. The molecule has 0 spiro atoms. The Bertz CT molecular complexity index is 456. The lowest BCUT2D eigenvalue weighted by atomic mass is 10.1. The van der Waals surface area contributed by atoms with Crippen LogP contribution in [0.4, 0.5) is 5.69 Å². The van der Waals surface area contributed by atoms with Crippen molar-refractivity contribution in [1.82, 2.24) is 4.90 Å². The van der Waals surface area contributed by atoms with E-state index >= 15 is 0 Å². The molecular weight excluding hydrogens is 264 g/mol. The predicted molar refractivity (Wildman–Crippen MR) is 88.2 cm³/mol. The lowest BCUT2D eigenvalue weighted by Crippen LogP contribution is -2.25. The van der Waals surface area contributed by atoms with Gasteiger partial charge in [0.25, 0.3) is 0 Å². The quantitative estimate of drug-likeness (QED) is 0.730. The van der Waals surface area contributed by atoms with Gasteiger partial charge in [0.05, 0.1) is 5.56 Å². The third-order valence-electron chi connectivity index (χ3n) is 3.88. The van der Waals surface area contributed by atoms with E-state index in [4.69, 9.17) is 5.11 Å². The van der Waals surface area contributed by atoms with Crippen molar-refractivity contribution in [2.75, 3.05) is 25.0 Å². The zero-order valence-corrected chi connectivity index (χ0v) is 13.6. The second-order valence-corrected chi connectivity index (χ2v) is 5.55. The van der Waals surface area contributed by atoms with Crippen LogP contribution < -0.4 is 5.32 Å². The van der Waals surface area contributed by atoms with E-state index in [9.17, 15) is 4.79 Å². The predicted octanol–water partition coefficient (Wildman–Crippen LogP) is 3.62. The van der Waals surface area contributed by atoms with Crippen LogP contribution in [0.5, 0.6) is 0 Å². The molecule has 0 aliphatic carbocycles. The van der Waals surface area contributed by atoms with Gasteiger partial charge >= 0.3 is 5.97 Å². The summed E-state index contributed by atoms with van der Waals surface area (Å²) in [5.41, 5.74) is 2.16. The number of hydrogen-bond donors (Lipinski definition) is 2. The molecule has 4 heteroatoms. The van der Waals surface area contributed by atoms with Crippen LogP contribution in [-0.4, -0.2) is 41.7 Å². The summed E-state index contributed by atoms with van der Waals surface area (Å²) in [5.74, 6) is -0.869. The number of aryl methyl sites for hydroxylation is 1. The maximum Gasteiger partial charge on any atom is 0.335 e. The minimum Gasteiger partial charge on any atom is -0.478 e. The van der Waals surface area contributed by atoms with Gasteiger partial charge in [0.1, 0.15) is 0 Å². The van der Waals surface area contributed by atoms with Crippen molar-refractivity contribution in [3.05, 3.63) is 29.3 Å². The second kappa shape index (κ2) is 8.67. The minimum atomic E-state index is -0.869. The fourth-order valence-electron chi connectivity index (χ4n) is 2.51. The number of aromatic carboxylic acids is 1. The molecule has 0 aliphatic rings. The Morgan fingerprint density at radius 3 is 2.52 bits per heavy atom. The first-order valence-electron chi connectivity index (χ1n) is 7.80. The summed E-state index contributed by atoms with van der Waals surface area (Å²) in [7, 11) is 0. The van der Waals surface area contributed by atoms with Gasteiger partial charge in [0.2, 0.25) is 0 Å². The van der Waals surface area contributed by atoms with Gasteiger partial charge in [-0.15, -0.1) is 0 Å². The number of hydrogen-bond acceptors (Lipinski definition) is 3. The number of carbonyl (C=O) groups is 1. The molecule has 0 heterocycles. The highest BCUT2D eigenvalue weighted by Crippen LogP contribution is 2.17. The monoisotopic (exact) mass is 292 g/mol. The Balaban J connectivity index is 2.46. The lowest BCUT2D eigenvalue weighted by Gasteiger charge is -2.20. The topological polar surface area (TPSA) is 52.6 Å². The molecule has 118 valence electrons. The first-order chi connectivity index (χ1) is 9.97. The summed E-state index contributed by atoms with van der Waals surface area (Å²) >= 11 is 0. The molecule has 1 rings (SSSR count). The van der Waals surface area contributed by atoms with E-state index in [2.05, 4.69) is 31.0 Å². The number of carboxylic acids is 1. The summed E-state index contributed by atoms with van der Waals surface area (Å²) in [4.78, 5) is 13.4. The summed E-state index contributed by atoms with van der Waals surface area (Å²) in [6.07, 6.45) is 2.28. The van der Waals surface area contributed by atoms with Crippen LogP contribution in [0, 0.1) is 6.92 Å². The number of carboxylic acid groups (broad SMARTS) is 1. The smallest absolute Gasteiger partial charge is 0.335 e. The van der Waals surface area contributed by atoms with Gasteiger partial charge in [-0.05, 0) is 70.1 Å². The first kappa shape index (κ1) is 17.5. The van der Waals surface area contributed by atoms with Crippen LogP contribution in [0.3, 0.4) is 0 Å². The standard InChI is InChI=1S/C17H28N2O2/c1-5-19(6-2)11-7-8-14(4)18-15-9-10-16(17(20)21)13(3)12-15/h9-10,12,14,18H,5-8,11H2,1-4H3,(H,20,21). The highest BCUT2D eigenvalue weighted by atomic mass is 16.4. The third-order valence-corrected chi connectivity index (χ3v) is 3.88. The highest BCUT2D eigenvalue weighted by molar-refractivity contribution is 5.89. The van der Waals surface area contributed by atoms with Gasteiger partial charge in [-0.1, -0.05) is 13.8 Å². The molecule has 1 atom stereocenters. The van der Waals surface area contributed by atoms with Crippen LogP contribution in [-0.2, 0) is 0 Å². The highest BCUT2D eigenvalue weighted by Gasteiger charge is 2.09. The largest absolute Gasteiger partial charge is 0.478 e. The summed E-state index contributed by atoms with van der Waals surface area (Å²) in [6, 6.07) is 5.81. The van der Waals surface area contributed by atoms with Gasteiger partial charge in [-0.25, -0.2) is 4.79 Å². The maximum absolute atomic E-state index is 11.0. The van der Waals surface area contributed by atoms with E-state index in [1.165, 1.54) is 6.42 Å². The van der Waals surface area contributed by atoms with Gasteiger partial charge in [-0.2, -0.15) is 0 Å². The van der Waals surface area contributed by atoms with Crippen LogP contribution in [0.2, 0.25) is 0 Å². The first-order valence-corrected chi connectivity index (χ1v) is 7.80. The number of anilines is 1. The zero-order valence-electron chi connectivity index (χ0n) is 13.6. The zero-order chi connectivity index (χ0) is 15.8. The van der Waals surface area contributed by atoms with Crippen LogP contribution in [0.15, 0.2) is 18.2 Å². The summed E-state index contributed by atoms with van der Waals surface area (Å²) in [6.45, 7) is 11.7. The van der Waals surface area contributed by atoms with Crippen molar-refractivity contribution < 1.29 is 9.90 Å². The maximum atomic E-state index is 11.0. The Kier molecular flexibility index (Phi) is 7.23. The van der Waals surface area contributed by atoms with Crippen LogP contribution >= 0.6 is 0 Å². The molecule has 0 saturated carbocycles. The van der Waals surface area contributed by atoms with E-state index in [0.29, 0.717) is 11.6 Å². The molecular formula is C17H28N2O2. The number of rotatable bonds is 9. The minimum absolute atomic E-state index is 0.370. The molecule has 21 heavy (non-hydrogen) atoms. The molecule has 0 aliphatic heterocycles. The van der Waals surface area contributed by atoms with Gasteiger partial charge in [0, 0.05) is 11.7 Å². The number of nitrogens with zero attached hydrogens (tertiary/aromatic N) is 1. The normalized spacial score (nSPS) is 12.4. The summed E-state index contributed by atoms with van der Waals surface area (Å²) in [5, 5.41) is 12.5. The molecule has 2 N–H and O–H groups in total. The van der Waals surface area contributed by atoms with E-state index < -0.39 is 5.97 Å². The van der Waals surface area contributed by atoms with Crippen molar-refractivity contribution in [3.63, 3.8) is 0 Å². The Hall–Kier alpha value is -1.55. The van der Waals surface area contributed by atoms with Crippen molar-refractivity contribution in [1.29, 1.82) is 0 Å². The molecule has 0 fully saturated rings. The molecule has 0 bridgehead atoms. The summed E-state index contributed by atoms with van der Waals surface area (Å²) < 4.78 is 0. The average Bonchev–Trinajstić information content (AvgIpc) is 2.43. The molecule has 1 aromatic rings. The molecule has 1 aromatic carbocycles. The lowest BCUT2D eigenvalue weighted by molar-refractivity contribution is 0.0696. The van der Waals surface area contributed by atoms with Crippen molar-refractivity contribution >= 4 is 11.7 Å². The van der Waals surface area contributed by atoms with E-state index in [1.807, 2.05) is 19.1 Å². The van der Waals surface area contributed by atoms with E-state index in [-0.39, 0.29) is 0 Å². The number of nitrogens with one attached hydrogen (secondary N) is 1. The molecule has 0 amide bonds. The van der Waals surface area contributed by atoms with Gasteiger partial charge in [0.15, 0.2) is 0 Å². The Morgan fingerprint density at radius 2 is 2.00 bits per heavy atom. The van der Waals surface area contributed by atoms with Crippen LogP contribution in [0.25, 0.3) is 0 Å². The van der Waals surface area contributed by atoms with Crippen molar-refractivity contribution in [2.24, 2.45) is 0 Å². The average molecular weight is 292 g/mol. The van der Waals surface area contributed by atoms with E-state index in [0.717, 1.165) is 37.3 Å². The van der Waals surface area contributed by atoms with Crippen molar-refractivity contribution in [2.45, 2.75) is 46.6 Å². The second-order valence-electron chi connectivity index (χ2n) is 5.55. The van der Waals surface area contributed by atoms with Gasteiger partial charge in [-0.3, -0.25) is 0 Å². The Morgan fingerprint density at radius 1 is 1.33 bits per heavy atom. The Labute approximate surface area is 128 Å².